The van der Waals surface area contributed by atoms with Crippen LogP contribution in [-0.4, -0.2) is 43.5 Å². The molecule has 0 aromatic carbocycles. The molecule has 0 bridgehead atoms. The van der Waals surface area contributed by atoms with E-state index >= 15 is 0 Å². The van der Waals surface area contributed by atoms with Gasteiger partial charge in [-0.3, -0.25) is 4.90 Å². The highest BCUT2D eigenvalue weighted by Crippen LogP contribution is 2.32. The fourth-order valence-corrected chi connectivity index (χ4v) is 1.45. The highest BCUT2D eigenvalue weighted by molar-refractivity contribution is 4.93. The van der Waals surface area contributed by atoms with Gasteiger partial charge in [0.05, 0.1) is 19.8 Å². The van der Waals surface area contributed by atoms with Crippen LogP contribution >= 0.6 is 0 Å². The van der Waals surface area contributed by atoms with Crippen molar-refractivity contribution in [1.29, 1.82) is 0 Å². The Bertz CT molecular complexity index is 145. The third kappa shape index (κ3) is 0.654. The lowest BCUT2D eigenvalue weighted by molar-refractivity contribution is -0.238. The van der Waals surface area contributed by atoms with Gasteiger partial charge in [0, 0.05) is 6.04 Å². The minimum absolute atomic E-state index is 0.0422. The molecule has 2 rings (SSSR count). The van der Waals surface area contributed by atoms with Crippen LogP contribution in [0.1, 0.15) is 6.92 Å². The van der Waals surface area contributed by atoms with Gasteiger partial charge in [-0.05, 0) is 14.0 Å². The van der Waals surface area contributed by atoms with Gasteiger partial charge in [-0.25, -0.2) is 0 Å². The van der Waals surface area contributed by atoms with Crippen molar-refractivity contribution in [3.8, 4) is 0 Å². The van der Waals surface area contributed by atoms with Crippen molar-refractivity contribution in [2.75, 3.05) is 26.9 Å². The summed E-state index contributed by atoms with van der Waals surface area (Å²) in [6.07, 6.45) is 0. The number of nitrogens with zero attached hydrogens (tertiary/aromatic N) is 1. The van der Waals surface area contributed by atoms with Crippen LogP contribution in [0.2, 0.25) is 0 Å². The van der Waals surface area contributed by atoms with Crippen molar-refractivity contribution in [2.45, 2.75) is 18.7 Å². The maximum absolute atomic E-state index is 5.60. The van der Waals surface area contributed by atoms with Gasteiger partial charge in [-0.15, -0.1) is 0 Å². The predicted octanol–water partition coefficient (Wildman–Crippen LogP) is 0.0634. The Hall–Kier alpha value is -0.120. The number of hydrogen-bond acceptors (Lipinski definition) is 3. The average molecular weight is 143 g/mol. The fourth-order valence-electron chi connectivity index (χ4n) is 1.45. The van der Waals surface area contributed by atoms with E-state index in [1.807, 2.05) is 0 Å². The van der Waals surface area contributed by atoms with E-state index in [1.54, 1.807) is 0 Å². The molecule has 2 saturated heterocycles. The normalized spacial score (nSPS) is 38.4. The maximum atomic E-state index is 5.60. The molecule has 0 saturated carbocycles. The van der Waals surface area contributed by atoms with Crippen LogP contribution in [0.15, 0.2) is 0 Å². The Labute approximate surface area is 60.9 Å². The summed E-state index contributed by atoms with van der Waals surface area (Å²) in [4.78, 5) is 2.26. The van der Waals surface area contributed by atoms with Gasteiger partial charge in [-0.1, -0.05) is 0 Å². The fraction of sp³-hybridized carbons (Fsp3) is 1.00. The molecule has 2 fully saturated rings. The average Bonchev–Trinajstić information content (AvgIpc) is 2.10. The molecular weight excluding hydrogens is 130 g/mol. The van der Waals surface area contributed by atoms with Gasteiger partial charge in [0.2, 0.25) is 0 Å². The molecule has 0 aliphatic carbocycles. The summed E-state index contributed by atoms with van der Waals surface area (Å²) in [6.45, 7) is 4.51. The van der Waals surface area contributed by atoms with Crippen LogP contribution in [0.25, 0.3) is 0 Å². The van der Waals surface area contributed by atoms with Gasteiger partial charge >= 0.3 is 0 Å². The number of hydrogen-bond donors (Lipinski definition) is 0. The van der Waals surface area contributed by atoms with Crippen LogP contribution < -0.4 is 0 Å². The summed E-state index contributed by atoms with van der Waals surface area (Å²) < 4.78 is 10.7. The first-order valence-corrected chi connectivity index (χ1v) is 3.69. The molecule has 0 unspecified atom stereocenters. The van der Waals surface area contributed by atoms with Gasteiger partial charge in [0.1, 0.15) is 0 Å². The standard InChI is InChI=1S/C7H13NO2/c1-6-3-10-7(8(6)2)4-9-5-7/h6H,3-5H2,1-2H3/t6-/m1/s1. The molecule has 1 spiro atoms. The highest BCUT2D eigenvalue weighted by atomic mass is 16.6. The summed E-state index contributed by atoms with van der Waals surface area (Å²) in [5, 5.41) is 0. The Morgan fingerprint density at radius 2 is 2.20 bits per heavy atom. The number of ether oxygens (including phenoxy) is 2. The molecule has 0 aromatic rings. The minimum Gasteiger partial charge on any atom is -0.372 e. The van der Waals surface area contributed by atoms with Crippen molar-refractivity contribution in [3.05, 3.63) is 0 Å². The molecule has 0 N–H and O–H groups in total. The Kier molecular flexibility index (Phi) is 1.27. The van der Waals surface area contributed by atoms with Crippen LogP contribution in [0.4, 0.5) is 0 Å². The highest BCUT2D eigenvalue weighted by Gasteiger charge is 2.49. The second kappa shape index (κ2) is 1.94. The van der Waals surface area contributed by atoms with E-state index in [0.29, 0.717) is 6.04 Å². The molecular formula is C7H13NO2. The zero-order valence-corrected chi connectivity index (χ0v) is 6.46. The summed E-state index contributed by atoms with van der Waals surface area (Å²) in [5.74, 6) is 0. The Balaban J connectivity index is 2.10. The van der Waals surface area contributed by atoms with Crippen molar-refractivity contribution in [2.24, 2.45) is 0 Å². The van der Waals surface area contributed by atoms with E-state index < -0.39 is 0 Å². The molecule has 2 aliphatic heterocycles. The third-order valence-electron chi connectivity index (χ3n) is 2.55. The Morgan fingerprint density at radius 3 is 2.40 bits per heavy atom. The van der Waals surface area contributed by atoms with Gasteiger partial charge in [0.15, 0.2) is 5.72 Å². The molecule has 58 valence electrons. The monoisotopic (exact) mass is 143 g/mol. The van der Waals surface area contributed by atoms with E-state index in [9.17, 15) is 0 Å². The molecule has 2 heterocycles. The SMILES string of the molecule is C[C@@H]1COC2(COC2)N1C. The van der Waals surface area contributed by atoms with Gasteiger partial charge in [0.25, 0.3) is 0 Å². The summed E-state index contributed by atoms with van der Waals surface area (Å²) in [6, 6.07) is 0.545. The topological polar surface area (TPSA) is 21.7 Å². The lowest BCUT2D eigenvalue weighted by Gasteiger charge is -2.42. The second-order valence-corrected chi connectivity index (χ2v) is 3.21. The maximum Gasteiger partial charge on any atom is 0.168 e. The smallest absolute Gasteiger partial charge is 0.168 e. The molecule has 0 amide bonds. The molecule has 0 radical (unpaired) electrons. The number of likely N-dealkylation sites (N-methyl/N-ethyl adjacent to an activating group) is 1. The molecule has 3 heteroatoms. The van der Waals surface area contributed by atoms with E-state index in [4.69, 9.17) is 9.47 Å². The lowest BCUT2D eigenvalue weighted by Crippen LogP contribution is -2.59. The first kappa shape index (κ1) is 6.58. The van der Waals surface area contributed by atoms with Crippen LogP contribution in [0, 0.1) is 0 Å². The van der Waals surface area contributed by atoms with Crippen molar-refractivity contribution in [1.82, 2.24) is 4.90 Å². The Morgan fingerprint density at radius 1 is 1.50 bits per heavy atom. The van der Waals surface area contributed by atoms with Gasteiger partial charge < -0.3 is 9.47 Å². The largest absolute Gasteiger partial charge is 0.372 e. The zero-order chi connectivity index (χ0) is 7.19. The van der Waals surface area contributed by atoms with Crippen LogP contribution in [-0.2, 0) is 9.47 Å². The first-order chi connectivity index (χ1) is 4.75. The van der Waals surface area contributed by atoms with E-state index in [0.717, 1.165) is 19.8 Å². The first-order valence-electron chi connectivity index (χ1n) is 3.69. The van der Waals surface area contributed by atoms with Crippen molar-refractivity contribution in [3.63, 3.8) is 0 Å². The molecule has 0 aromatic heterocycles. The number of rotatable bonds is 0. The van der Waals surface area contributed by atoms with Crippen LogP contribution in [0.3, 0.4) is 0 Å². The van der Waals surface area contributed by atoms with Crippen molar-refractivity contribution < 1.29 is 9.47 Å². The predicted molar refractivity (Wildman–Crippen MR) is 36.7 cm³/mol. The lowest BCUT2D eigenvalue weighted by atomic mass is 10.1. The molecule has 1 atom stereocenters. The van der Waals surface area contributed by atoms with Gasteiger partial charge in [-0.2, -0.15) is 0 Å². The van der Waals surface area contributed by atoms with Crippen LogP contribution in [0.5, 0.6) is 0 Å². The summed E-state index contributed by atoms with van der Waals surface area (Å²) >= 11 is 0. The summed E-state index contributed by atoms with van der Waals surface area (Å²) in [5.41, 5.74) is -0.0422. The zero-order valence-electron chi connectivity index (χ0n) is 6.46. The third-order valence-corrected chi connectivity index (χ3v) is 2.55. The molecule has 2 aliphatic rings. The van der Waals surface area contributed by atoms with Crippen molar-refractivity contribution >= 4 is 0 Å². The minimum atomic E-state index is -0.0422. The van der Waals surface area contributed by atoms with E-state index in [1.165, 1.54) is 0 Å². The van der Waals surface area contributed by atoms with E-state index in [-0.39, 0.29) is 5.72 Å². The molecule has 10 heavy (non-hydrogen) atoms. The molecule has 3 nitrogen and oxygen atoms in total. The summed E-state index contributed by atoms with van der Waals surface area (Å²) in [7, 11) is 2.10. The quantitative estimate of drug-likeness (QED) is 0.478. The van der Waals surface area contributed by atoms with E-state index in [2.05, 4.69) is 18.9 Å². The second-order valence-electron chi connectivity index (χ2n) is 3.21.